The van der Waals surface area contributed by atoms with E-state index in [2.05, 4.69) is 41.3 Å². The van der Waals surface area contributed by atoms with Crippen molar-refractivity contribution in [2.45, 2.75) is 58.2 Å². The fourth-order valence-electron chi connectivity index (χ4n) is 8.13. The van der Waals surface area contributed by atoms with E-state index in [1.54, 1.807) is 11.0 Å². The van der Waals surface area contributed by atoms with E-state index in [-0.39, 0.29) is 30.2 Å². The number of aromatic nitrogens is 2. The molecule has 50 heavy (non-hydrogen) atoms. The lowest BCUT2D eigenvalue weighted by molar-refractivity contribution is -0.128. The summed E-state index contributed by atoms with van der Waals surface area (Å²) in [5.74, 6) is 0.986. The van der Waals surface area contributed by atoms with E-state index in [0.717, 1.165) is 69.8 Å². The predicted molar refractivity (Wildman–Crippen MR) is 195 cm³/mol. The number of likely N-dealkylation sites (tertiary alicyclic amines) is 1. The second kappa shape index (κ2) is 14.1. The van der Waals surface area contributed by atoms with Gasteiger partial charge in [-0.05, 0) is 87.5 Å². The highest BCUT2D eigenvalue weighted by Crippen LogP contribution is 2.45. The van der Waals surface area contributed by atoms with Gasteiger partial charge < -0.3 is 24.3 Å². The molecule has 0 spiro atoms. The van der Waals surface area contributed by atoms with Crippen LogP contribution in [0.5, 0.6) is 5.88 Å². The van der Waals surface area contributed by atoms with Crippen molar-refractivity contribution in [1.29, 1.82) is 5.26 Å². The Kier molecular flexibility index (Phi) is 9.43. The molecule has 2 atom stereocenters. The third kappa shape index (κ3) is 6.15. The molecule has 7 rings (SSSR count). The van der Waals surface area contributed by atoms with Crippen LogP contribution in [0.15, 0.2) is 61.3 Å². The lowest BCUT2D eigenvalue weighted by Crippen LogP contribution is -2.55. The number of anilines is 2. The number of rotatable bonds is 8. The van der Waals surface area contributed by atoms with Gasteiger partial charge in [-0.25, -0.2) is 4.39 Å². The molecular weight excluding hydrogens is 629 g/mol. The summed E-state index contributed by atoms with van der Waals surface area (Å²) in [5, 5.41) is 11.2. The van der Waals surface area contributed by atoms with Crippen molar-refractivity contribution in [3.8, 4) is 23.1 Å². The first-order valence-electron chi connectivity index (χ1n) is 17.6. The molecule has 0 N–H and O–H groups in total. The highest BCUT2D eigenvalue weighted by Gasteiger charge is 2.36. The van der Waals surface area contributed by atoms with Gasteiger partial charge in [0.15, 0.2) is 0 Å². The minimum atomic E-state index is -0.297. The molecule has 2 aromatic heterocycles. The van der Waals surface area contributed by atoms with Crippen molar-refractivity contribution in [2.24, 2.45) is 0 Å². The summed E-state index contributed by atoms with van der Waals surface area (Å²) in [6.45, 7) is 12.0. The normalized spacial score (nSPS) is 19.4. The Bertz CT molecular complexity index is 1970. The predicted octanol–water partition coefficient (Wildman–Crippen LogP) is 6.21. The molecule has 0 bridgehead atoms. The first-order chi connectivity index (χ1) is 24.3. The average molecular weight is 674 g/mol. The number of nitrogens with zero attached hydrogens (tertiary/aromatic N) is 7. The topological polar surface area (TPSA) is 88.8 Å². The van der Waals surface area contributed by atoms with Gasteiger partial charge >= 0.3 is 0 Å². The number of pyridine rings is 2. The number of aryl methyl sites for hydroxylation is 2. The molecule has 0 saturated carbocycles. The fourth-order valence-corrected chi connectivity index (χ4v) is 8.13. The molecule has 0 unspecified atom stereocenters. The lowest BCUT2D eigenvalue weighted by atomic mass is 9.88. The van der Waals surface area contributed by atoms with Crippen LogP contribution in [0.3, 0.4) is 0 Å². The number of hydrogen-bond donors (Lipinski definition) is 0. The van der Waals surface area contributed by atoms with Crippen LogP contribution in [-0.2, 0) is 17.8 Å². The lowest BCUT2D eigenvalue weighted by Gasteiger charge is -2.43. The molecule has 258 valence electrons. The number of benzene rings is 2. The number of amides is 1. The minimum Gasteiger partial charge on any atom is -0.475 e. The molecule has 5 heterocycles. The molecule has 0 aliphatic carbocycles. The van der Waals surface area contributed by atoms with Gasteiger partial charge in [-0.3, -0.25) is 9.78 Å². The zero-order chi connectivity index (χ0) is 34.9. The molecule has 4 aromatic rings. The monoisotopic (exact) mass is 673 g/mol. The van der Waals surface area contributed by atoms with E-state index in [4.69, 9.17) is 14.7 Å². The summed E-state index contributed by atoms with van der Waals surface area (Å²) in [4.78, 5) is 31.5. The van der Waals surface area contributed by atoms with Gasteiger partial charge in [0.1, 0.15) is 18.2 Å². The van der Waals surface area contributed by atoms with E-state index in [9.17, 15) is 10.1 Å². The highest BCUT2D eigenvalue weighted by atomic mass is 19.1. The smallest absolute Gasteiger partial charge is 0.246 e. The SMILES string of the molecule is C=CC(=O)N1CCN(c2nc(OC[C@@H]3CCCN3C)c(-c3c(C)ccnc3C)c3c2CCN(c2cccc4cccc(F)c24)C3)C[C@@H]1CC#N. The molecule has 0 radical (unpaired) electrons. The van der Waals surface area contributed by atoms with Crippen LogP contribution in [0, 0.1) is 31.0 Å². The Morgan fingerprint density at radius 2 is 1.88 bits per heavy atom. The molecule has 2 aromatic carbocycles. The van der Waals surface area contributed by atoms with Gasteiger partial charge in [-0.1, -0.05) is 30.8 Å². The first-order valence-corrected chi connectivity index (χ1v) is 17.6. The molecule has 10 heteroatoms. The quantitative estimate of drug-likeness (QED) is 0.204. The maximum atomic E-state index is 15.5. The zero-order valence-electron chi connectivity index (χ0n) is 29.2. The number of halogens is 1. The van der Waals surface area contributed by atoms with Gasteiger partial charge in [0.2, 0.25) is 11.8 Å². The molecule has 3 aliphatic rings. The van der Waals surface area contributed by atoms with Crippen LogP contribution >= 0.6 is 0 Å². The maximum absolute atomic E-state index is 15.5. The number of carbonyl (C=O) groups excluding carboxylic acids is 1. The Hall–Kier alpha value is -5.01. The van der Waals surface area contributed by atoms with Gasteiger partial charge in [0.05, 0.1) is 24.1 Å². The summed E-state index contributed by atoms with van der Waals surface area (Å²) >= 11 is 0. The first kappa shape index (κ1) is 33.5. The third-order valence-electron chi connectivity index (χ3n) is 10.8. The van der Waals surface area contributed by atoms with Gasteiger partial charge in [-0.2, -0.15) is 10.2 Å². The van der Waals surface area contributed by atoms with Crippen LogP contribution in [0.1, 0.15) is 41.6 Å². The van der Waals surface area contributed by atoms with Crippen LogP contribution in [-0.4, -0.2) is 84.1 Å². The minimum absolute atomic E-state index is 0.166. The largest absolute Gasteiger partial charge is 0.475 e. The second-order valence-electron chi connectivity index (χ2n) is 13.7. The molecule has 2 fully saturated rings. The Labute approximate surface area is 293 Å². The average Bonchev–Trinajstić information content (AvgIpc) is 3.54. The molecular formula is C40H44FN7O2. The molecule has 2 saturated heterocycles. The number of carbonyl (C=O) groups is 1. The van der Waals surface area contributed by atoms with Crippen LogP contribution in [0.25, 0.3) is 21.9 Å². The number of nitriles is 1. The van der Waals surface area contributed by atoms with E-state index in [1.807, 2.05) is 43.5 Å². The van der Waals surface area contributed by atoms with Crippen LogP contribution < -0.4 is 14.5 Å². The molecule has 9 nitrogen and oxygen atoms in total. The van der Waals surface area contributed by atoms with Crippen molar-refractivity contribution < 1.29 is 13.9 Å². The number of ether oxygens (including phenoxy) is 1. The number of piperazine rings is 1. The Morgan fingerprint density at radius 1 is 1.06 bits per heavy atom. The number of likely N-dealkylation sites (N-methyl/N-ethyl adjacent to an activating group) is 1. The second-order valence-corrected chi connectivity index (χ2v) is 13.7. The van der Waals surface area contributed by atoms with Gasteiger partial charge in [0.25, 0.3) is 0 Å². The van der Waals surface area contributed by atoms with Crippen LogP contribution in [0.4, 0.5) is 15.9 Å². The van der Waals surface area contributed by atoms with Crippen LogP contribution in [0.2, 0.25) is 0 Å². The molecule has 3 aliphatic heterocycles. The summed E-state index contributed by atoms with van der Waals surface area (Å²) < 4.78 is 22.3. The van der Waals surface area contributed by atoms with E-state index < -0.39 is 0 Å². The van der Waals surface area contributed by atoms with E-state index in [1.165, 1.54) is 12.1 Å². The van der Waals surface area contributed by atoms with Crippen molar-refractivity contribution in [3.63, 3.8) is 0 Å². The Morgan fingerprint density at radius 3 is 2.62 bits per heavy atom. The van der Waals surface area contributed by atoms with Crippen molar-refractivity contribution in [1.82, 2.24) is 19.8 Å². The maximum Gasteiger partial charge on any atom is 0.246 e. The third-order valence-corrected chi connectivity index (χ3v) is 10.8. The van der Waals surface area contributed by atoms with Crippen molar-refractivity contribution in [2.75, 3.05) is 56.2 Å². The highest BCUT2D eigenvalue weighted by molar-refractivity contribution is 5.95. The summed E-state index contributed by atoms with van der Waals surface area (Å²) in [7, 11) is 2.14. The standard InChI is InChI=1S/C40H44FN7O2/c1-5-35(49)48-22-21-47(23-29(48)14-17-42)39-31-16-20-46(34-13-7-10-28-9-6-12-33(41)37(28)34)24-32(31)38(36-26(2)15-18-43-27(36)3)40(44-39)50-25-30-11-8-19-45(30)4/h5-7,9-10,12-13,15,18,29-30H,1,8,11,14,16,19-25H2,2-4H3/t29-,30-/m0/s1. The van der Waals surface area contributed by atoms with Crippen molar-refractivity contribution >= 4 is 28.2 Å². The van der Waals surface area contributed by atoms with E-state index >= 15 is 4.39 Å². The van der Waals surface area contributed by atoms with Gasteiger partial charge in [0, 0.05) is 72.9 Å². The number of fused-ring (bicyclic) bond motifs is 2. The summed E-state index contributed by atoms with van der Waals surface area (Å²) in [6.07, 6.45) is 6.23. The summed E-state index contributed by atoms with van der Waals surface area (Å²) in [5.41, 5.74) is 6.98. The molecule has 1 amide bonds. The van der Waals surface area contributed by atoms with Crippen molar-refractivity contribution in [3.05, 3.63) is 89.5 Å². The number of hydrogen-bond acceptors (Lipinski definition) is 8. The summed E-state index contributed by atoms with van der Waals surface area (Å²) in [6, 6.07) is 15.5. The van der Waals surface area contributed by atoms with Gasteiger partial charge in [-0.15, -0.1) is 0 Å². The Balaban J connectivity index is 1.40. The van der Waals surface area contributed by atoms with E-state index in [0.29, 0.717) is 57.0 Å². The zero-order valence-corrected chi connectivity index (χ0v) is 29.2. The fraction of sp³-hybridized carbons (Fsp3) is 0.400.